The molecule has 4 rings (SSSR count). The van der Waals surface area contributed by atoms with Gasteiger partial charge in [0.15, 0.2) is 0 Å². The number of rotatable bonds is 5. The number of primary sulfonamides is 1. The van der Waals surface area contributed by atoms with Crippen molar-refractivity contribution in [2.45, 2.75) is 61.2 Å². The smallest absolute Gasteiger partial charge is 0.416 e. The molecule has 4 N–H and O–H groups in total. The summed E-state index contributed by atoms with van der Waals surface area (Å²) >= 11 is 6.04. The van der Waals surface area contributed by atoms with Crippen molar-refractivity contribution in [2.24, 2.45) is 5.14 Å². The molecule has 202 valence electrons. The fraction of sp³-hybridized carbons (Fsp3) is 0.500. The van der Waals surface area contributed by atoms with Gasteiger partial charge in [-0.2, -0.15) is 18.3 Å². The van der Waals surface area contributed by atoms with Crippen molar-refractivity contribution in [3.8, 4) is 0 Å². The predicted molar refractivity (Wildman–Crippen MR) is 128 cm³/mol. The second kappa shape index (κ2) is 10.5. The molecule has 1 saturated heterocycles. The standard InChI is InChI=1S/C22H25ClF3N5O5S/c23-19-17(10-28-30-20(19)32)31-7-6-15(11-31)36-21(33)29-14-3-1-2-12(8-14)16-9-13(22(24,25)26)4-5-18(16)37(27,34)35/h4-5,9-10,12,14-15H,1-3,6-8,11H2,(H,29,33)(H,30,32)(H2,27,34,35)/t12?,14-,15-/m1/s1. The molecule has 0 spiro atoms. The fourth-order valence-corrected chi connectivity index (χ4v) is 5.92. The monoisotopic (exact) mass is 563 g/mol. The van der Waals surface area contributed by atoms with Crippen LogP contribution in [0.4, 0.5) is 23.7 Å². The number of alkyl carbamates (subject to hydrolysis) is 1. The summed E-state index contributed by atoms with van der Waals surface area (Å²) in [6.07, 6.45) is -2.13. The Hall–Kier alpha value is -2.84. The van der Waals surface area contributed by atoms with E-state index in [4.69, 9.17) is 21.5 Å². The first kappa shape index (κ1) is 27.2. The van der Waals surface area contributed by atoms with E-state index in [0.717, 1.165) is 12.1 Å². The summed E-state index contributed by atoms with van der Waals surface area (Å²) in [5.74, 6) is -0.553. The van der Waals surface area contributed by atoms with E-state index < -0.39 is 51.5 Å². The molecule has 1 aromatic heterocycles. The van der Waals surface area contributed by atoms with Gasteiger partial charge in [-0.3, -0.25) is 4.79 Å². The van der Waals surface area contributed by atoms with E-state index in [1.54, 1.807) is 4.90 Å². The molecule has 37 heavy (non-hydrogen) atoms. The van der Waals surface area contributed by atoms with E-state index in [1.165, 1.54) is 6.20 Å². The number of nitrogens with one attached hydrogen (secondary N) is 2. The summed E-state index contributed by atoms with van der Waals surface area (Å²) in [6, 6.07) is 1.97. The molecule has 2 heterocycles. The first-order valence-electron chi connectivity index (χ1n) is 11.5. The molecule has 0 radical (unpaired) electrons. The molecule has 2 fully saturated rings. The molecule has 1 unspecified atom stereocenters. The van der Waals surface area contributed by atoms with E-state index in [2.05, 4.69) is 15.5 Å². The zero-order valence-corrected chi connectivity index (χ0v) is 21.0. The summed E-state index contributed by atoms with van der Waals surface area (Å²) in [6.45, 7) is 0.785. The maximum absolute atomic E-state index is 13.3. The number of aromatic nitrogens is 2. The lowest BCUT2D eigenvalue weighted by Crippen LogP contribution is -2.40. The minimum absolute atomic E-state index is 0.00744. The summed E-state index contributed by atoms with van der Waals surface area (Å²) in [5.41, 5.74) is -1.07. The first-order chi connectivity index (χ1) is 17.3. The second-order valence-corrected chi connectivity index (χ2v) is 11.1. The van der Waals surface area contributed by atoms with Gasteiger partial charge in [0.1, 0.15) is 11.1 Å². The Balaban J connectivity index is 1.41. The summed E-state index contributed by atoms with van der Waals surface area (Å²) in [5, 5.41) is 14.0. The zero-order chi connectivity index (χ0) is 27.0. The largest absolute Gasteiger partial charge is 0.444 e. The zero-order valence-electron chi connectivity index (χ0n) is 19.4. The number of carbonyl (C=O) groups excluding carboxylic acids is 1. The topological polar surface area (TPSA) is 147 Å². The van der Waals surface area contributed by atoms with E-state index in [-0.39, 0.29) is 21.9 Å². The van der Waals surface area contributed by atoms with Crippen LogP contribution in [-0.4, -0.2) is 49.9 Å². The Morgan fingerprint density at radius 2 is 2.03 bits per heavy atom. The van der Waals surface area contributed by atoms with Crippen LogP contribution in [0, 0.1) is 0 Å². The number of nitrogens with two attached hydrogens (primary N) is 1. The van der Waals surface area contributed by atoms with Crippen LogP contribution in [0.15, 0.2) is 34.1 Å². The molecule has 1 aliphatic heterocycles. The molecular formula is C22H25ClF3N5O5S. The maximum Gasteiger partial charge on any atom is 0.416 e. The first-order valence-corrected chi connectivity index (χ1v) is 13.4. The van der Waals surface area contributed by atoms with Crippen LogP contribution in [0.25, 0.3) is 0 Å². The molecule has 0 bridgehead atoms. The highest BCUT2D eigenvalue weighted by atomic mass is 35.5. The highest BCUT2D eigenvalue weighted by Gasteiger charge is 2.35. The third-order valence-corrected chi connectivity index (χ3v) is 7.97. The molecule has 1 aliphatic carbocycles. The Kier molecular flexibility index (Phi) is 7.72. The molecule has 2 aromatic rings. The van der Waals surface area contributed by atoms with Crippen molar-refractivity contribution in [3.05, 3.63) is 50.9 Å². The van der Waals surface area contributed by atoms with Gasteiger partial charge in [0, 0.05) is 19.0 Å². The van der Waals surface area contributed by atoms with Gasteiger partial charge in [0.25, 0.3) is 5.56 Å². The average molecular weight is 564 g/mol. The minimum Gasteiger partial charge on any atom is -0.444 e. The van der Waals surface area contributed by atoms with Gasteiger partial charge in [-0.05, 0) is 48.9 Å². The van der Waals surface area contributed by atoms with E-state index in [9.17, 15) is 31.2 Å². The van der Waals surface area contributed by atoms with Crippen LogP contribution in [0.3, 0.4) is 0 Å². The van der Waals surface area contributed by atoms with Crippen molar-refractivity contribution in [1.29, 1.82) is 0 Å². The second-order valence-electron chi connectivity index (χ2n) is 9.16. The van der Waals surface area contributed by atoms with Crippen LogP contribution in [0.2, 0.25) is 5.02 Å². The highest BCUT2D eigenvalue weighted by Crippen LogP contribution is 2.39. The Bertz CT molecular complexity index is 1340. The number of hydrogen-bond donors (Lipinski definition) is 3. The number of H-pyrrole nitrogens is 1. The number of alkyl halides is 3. The van der Waals surface area contributed by atoms with Crippen LogP contribution >= 0.6 is 11.6 Å². The summed E-state index contributed by atoms with van der Waals surface area (Å²) in [4.78, 5) is 25.7. The van der Waals surface area contributed by atoms with Gasteiger partial charge in [0.2, 0.25) is 10.0 Å². The lowest BCUT2D eigenvalue weighted by atomic mass is 9.81. The van der Waals surface area contributed by atoms with Gasteiger partial charge in [0.05, 0.1) is 28.9 Å². The number of sulfonamides is 1. The quantitative estimate of drug-likeness (QED) is 0.506. The number of halogens is 4. The number of benzene rings is 1. The van der Waals surface area contributed by atoms with Gasteiger partial charge < -0.3 is 15.0 Å². The third kappa shape index (κ3) is 6.36. The lowest BCUT2D eigenvalue weighted by molar-refractivity contribution is -0.137. The van der Waals surface area contributed by atoms with E-state index in [0.29, 0.717) is 50.5 Å². The maximum atomic E-state index is 13.3. The number of aromatic amines is 1. The van der Waals surface area contributed by atoms with Gasteiger partial charge in [-0.25, -0.2) is 23.4 Å². The fourth-order valence-electron chi connectivity index (χ4n) is 4.90. The normalized spacial score (nSPS) is 22.6. The Morgan fingerprint density at radius 3 is 2.73 bits per heavy atom. The molecule has 15 heteroatoms. The Labute approximate surface area is 215 Å². The van der Waals surface area contributed by atoms with Gasteiger partial charge in [-0.15, -0.1) is 0 Å². The molecule has 1 saturated carbocycles. The van der Waals surface area contributed by atoms with E-state index in [1.807, 2.05) is 0 Å². The average Bonchev–Trinajstić information content (AvgIpc) is 3.27. The summed E-state index contributed by atoms with van der Waals surface area (Å²) < 4.78 is 69.5. The summed E-state index contributed by atoms with van der Waals surface area (Å²) in [7, 11) is -4.25. The lowest BCUT2D eigenvalue weighted by Gasteiger charge is -2.31. The number of amides is 1. The molecule has 10 nitrogen and oxygen atoms in total. The molecule has 1 aromatic carbocycles. The highest BCUT2D eigenvalue weighted by molar-refractivity contribution is 7.89. The third-order valence-electron chi connectivity index (χ3n) is 6.62. The SMILES string of the molecule is NS(=O)(=O)c1ccc(C(F)(F)F)cc1C1CCC[C@@H](NC(=O)O[C@@H]2CCN(c3cn[nH]c(=O)c3Cl)C2)C1. The van der Waals surface area contributed by atoms with Crippen LogP contribution in [-0.2, 0) is 20.9 Å². The molecular weight excluding hydrogens is 539 g/mol. The molecule has 3 atom stereocenters. The van der Waals surface area contributed by atoms with Crippen molar-refractivity contribution >= 4 is 33.4 Å². The van der Waals surface area contributed by atoms with Crippen LogP contribution in [0.1, 0.15) is 49.1 Å². The molecule has 1 amide bonds. The minimum atomic E-state index is -4.65. The van der Waals surface area contributed by atoms with Crippen molar-refractivity contribution < 1.29 is 31.1 Å². The van der Waals surface area contributed by atoms with Gasteiger partial charge in [-0.1, -0.05) is 18.0 Å². The molecule has 2 aliphatic rings. The van der Waals surface area contributed by atoms with Crippen LogP contribution < -0.4 is 20.9 Å². The number of carbonyl (C=O) groups is 1. The number of hydrogen-bond acceptors (Lipinski definition) is 7. The van der Waals surface area contributed by atoms with E-state index >= 15 is 0 Å². The van der Waals surface area contributed by atoms with Gasteiger partial charge >= 0.3 is 12.3 Å². The number of anilines is 1. The number of ether oxygens (including phenoxy) is 1. The predicted octanol–water partition coefficient (Wildman–Crippen LogP) is 3.12. The number of nitrogens with zero attached hydrogens (tertiary/aromatic N) is 2. The Morgan fingerprint density at radius 1 is 1.27 bits per heavy atom. The van der Waals surface area contributed by atoms with Crippen molar-refractivity contribution in [2.75, 3.05) is 18.0 Å². The van der Waals surface area contributed by atoms with Crippen molar-refractivity contribution in [3.63, 3.8) is 0 Å². The van der Waals surface area contributed by atoms with Crippen LogP contribution in [0.5, 0.6) is 0 Å². The van der Waals surface area contributed by atoms with Crippen molar-refractivity contribution in [1.82, 2.24) is 15.5 Å².